The molecule has 0 aliphatic heterocycles. The van der Waals surface area contributed by atoms with Crippen LogP contribution in [0.4, 0.5) is 0 Å². The second-order valence-corrected chi connectivity index (χ2v) is 5.40. The molecule has 0 aromatic heterocycles. The van der Waals surface area contributed by atoms with Gasteiger partial charge in [0.2, 0.25) is 0 Å². The number of allylic oxidation sites excluding steroid dienone is 4. The summed E-state index contributed by atoms with van der Waals surface area (Å²) in [7, 11) is 0. The first-order valence-electron chi connectivity index (χ1n) is 6.08. The molecule has 2 heteroatoms. The SMILES string of the molecule is C/C1=C\C(O)C(C)(C)/C=C/C(=O)/C(C)=C/CC1. The molecular formula is C15H22O2. The third-order valence-electron chi connectivity index (χ3n) is 3.25. The third-order valence-corrected chi connectivity index (χ3v) is 3.25. The van der Waals surface area contributed by atoms with Crippen LogP contribution in [0.5, 0.6) is 0 Å². The van der Waals surface area contributed by atoms with Crippen LogP contribution >= 0.6 is 0 Å². The van der Waals surface area contributed by atoms with E-state index in [-0.39, 0.29) is 5.78 Å². The Morgan fingerprint density at radius 2 is 2.00 bits per heavy atom. The Labute approximate surface area is 104 Å². The van der Waals surface area contributed by atoms with Gasteiger partial charge in [-0.2, -0.15) is 0 Å². The summed E-state index contributed by atoms with van der Waals surface area (Å²) in [6, 6.07) is 0. The van der Waals surface area contributed by atoms with E-state index >= 15 is 0 Å². The van der Waals surface area contributed by atoms with Gasteiger partial charge in [0.05, 0.1) is 6.10 Å². The van der Waals surface area contributed by atoms with Crippen molar-refractivity contribution in [1.82, 2.24) is 0 Å². The van der Waals surface area contributed by atoms with E-state index in [4.69, 9.17) is 0 Å². The van der Waals surface area contributed by atoms with Crippen LogP contribution in [0.1, 0.15) is 40.5 Å². The molecule has 0 spiro atoms. The van der Waals surface area contributed by atoms with Gasteiger partial charge < -0.3 is 5.11 Å². The summed E-state index contributed by atoms with van der Waals surface area (Å²) in [6.45, 7) is 7.73. The number of hydrogen-bond donors (Lipinski definition) is 1. The van der Waals surface area contributed by atoms with Gasteiger partial charge in [-0.15, -0.1) is 0 Å². The summed E-state index contributed by atoms with van der Waals surface area (Å²) >= 11 is 0. The van der Waals surface area contributed by atoms with Crippen molar-refractivity contribution in [3.05, 3.63) is 35.5 Å². The van der Waals surface area contributed by atoms with E-state index in [0.29, 0.717) is 0 Å². The Bertz CT molecular complexity index is 384. The third kappa shape index (κ3) is 3.97. The van der Waals surface area contributed by atoms with Crippen molar-refractivity contribution >= 4 is 5.78 Å². The fraction of sp³-hybridized carbons (Fsp3) is 0.533. The number of aliphatic hydroxyl groups is 1. The second-order valence-electron chi connectivity index (χ2n) is 5.40. The van der Waals surface area contributed by atoms with Crippen molar-refractivity contribution in [3.8, 4) is 0 Å². The Morgan fingerprint density at radius 1 is 1.35 bits per heavy atom. The molecule has 0 radical (unpaired) electrons. The van der Waals surface area contributed by atoms with Crippen molar-refractivity contribution in [2.45, 2.75) is 46.6 Å². The number of hydrogen-bond acceptors (Lipinski definition) is 2. The van der Waals surface area contributed by atoms with Gasteiger partial charge in [0.25, 0.3) is 0 Å². The minimum absolute atomic E-state index is 0.0322. The van der Waals surface area contributed by atoms with E-state index in [9.17, 15) is 9.90 Å². The number of rotatable bonds is 0. The zero-order valence-electron chi connectivity index (χ0n) is 11.2. The number of carbonyl (C=O) groups excluding carboxylic acids is 1. The van der Waals surface area contributed by atoms with E-state index in [1.165, 1.54) is 0 Å². The summed E-state index contributed by atoms with van der Waals surface area (Å²) in [5.41, 5.74) is 1.53. The van der Waals surface area contributed by atoms with Crippen LogP contribution in [-0.2, 0) is 4.79 Å². The summed E-state index contributed by atoms with van der Waals surface area (Å²) in [5, 5.41) is 10.1. The molecule has 17 heavy (non-hydrogen) atoms. The Hall–Kier alpha value is -1.15. The van der Waals surface area contributed by atoms with Crippen LogP contribution in [0.25, 0.3) is 0 Å². The number of ketones is 1. The average molecular weight is 234 g/mol. The van der Waals surface area contributed by atoms with Crippen LogP contribution in [-0.4, -0.2) is 17.0 Å². The number of carbonyl (C=O) groups is 1. The average Bonchev–Trinajstić information content (AvgIpc) is 2.25. The fourth-order valence-corrected chi connectivity index (χ4v) is 1.71. The highest BCUT2D eigenvalue weighted by Crippen LogP contribution is 2.26. The standard InChI is InChI=1S/C15H22O2/c1-11-6-5-7-12(2)13(16)8-9-15(3,4)14(17)10-11/h7-10,14,17H,5-6H2,1-4H3/b9-8+,11-10+,12-7+. The van der Waals surface area contributed by atoms with Gasteiger partial charge in [0.1, 0.15) is 0 Å². The Kier molecular flexibility index (Phi) is 4.47. The molecule has 1 aliphatic rings. The molecule has 0 aromatic carbocycles. The monoisotopic (exact) mass is 234 g/mol. The van der Waals surface area contributed by atoms with Crippen molar-refractivity contribution in [2.75, 3.05) is 0 Å². The highest BCUT2D eigenvalue weighted by atomic mass is 16.3. The maximum atomic E-state index is 11.8. The molecule has 0 fully saturated rings. The van der Waals surface area contributed by atoms with Gasteiger partial charge in [-0.25, -0.2) is 0 Å². The molecule has 0 aromatic rings. The van der Waals surface area contributed by atoms with Crippen molar-refractivity contribution < 1.29 is 9.90 Å². The number of aliphatic hydroxyl groups excluding tert-OH is 1. The first kappa shape index (κ1) is 13.9. The van der Waals surface area contributed by atoms with Crippen LogP contribution in [0, 0.1) is 5.41 Å². The normalized spacial score (nSPS) is 33.9. The molecule has 0 saturated heterocycles. The molecule has 0 amide bonds. The molecule has 1 rings (SSSR count). The van der Waals surface area contributed by atoms with Crippen molar-refractivity contribution in [1.29, 1.82) is 0 Å². The molecule has 0 bridgehead atoms. The van der Waals surface area contributed by atoms with Crippen LogP contribution in [0.3, 0.4) is 0 Å². The summed E-state index contributed by atoms with van der Waals surface area (Å²) in [6.07, 6.45) is 8.41. The van der Waals surface area contributed by atoms with E-state index < -0.39 is 11.5 Å². The maximum absolute atomic E-state index is 11.8. The van der Waals surface area contributed by atoms with E-state index in [0.717, 1.165) is 24.0 Å². The lowest BCUT2D eigenvalue weighted by atomic mass is 9.84. The lowest BCUT2D eigenvalue weighted by Crippen LogP contribution is -2.25. The summed E-state index contributed by atoms with van der Waals surface area (Å²) in [5.74, 6) is 0.0322. The van der Waals surface area contributed by atoms with Gasteiger partial charge in [0, 0.05) is 5.41 Å². The lowest BCUT2D eigenvalue weighted by Gasteiger charge is -2.25. The zero-order valence-corrected chi connectivity index (χ0v) is 11.2. The molecular weight excluding hydrogens is 212 g/mol. The minimum atomic E-state index is -0.551. The zero-order chi connectivity index (χ0) is 13.1. The Balaban J connectivity index is 3.07. The molecule has 1 N–H and O–H groups in total. The highest BCUT2D eigenvalue weighted by molar-refractivity contribution is 6.03. The molecule has 0 saturated carbocycles. The van der Waals surface area contributed by atoms with E-state index in [1.54, 1.807) is 12.2 Å². The lowest BCUT2D eigenvalue weighted by molar-refractivity contribution is -0.111. The van der Waals surface area contributed by atoms with Crippen molar-refractivity contribution in [3.63, 3.8) is 0 Å². The second kappa shape index (κ2) is 5.46. The van der Waals surface area contributed by atoms with Gasteiger partial charge in [0.15, 0.2) is 5.78 Å². The molecule has 1 aliphatic carbocycles. The van der Waals surface area contributed by atoms with Crippen LogP contribution in [0.2, 0.25) is 0 Å². The first-order chi connectivity index (χ1) is 7.83. The van der Waals surface area contributed by atoms with Gasteiger partial charge in [-0.3, -0.25) is 4.79 Å². The predicted molar refractivity (Wildman–Crippen MR) is 70.7 cm³/mol. The quantitative estimate of drug-likeness (QED) is 0.654. The van der Waals surface area contributed by atoms with E-state index in [2.05, 4.69) is 0 Å². The Morgan fingerprint density at radius 3 is 2.65 bits per heavy atom. The molecule has 94 valence electrons. The van der Waals surface area contributed by atoms with Gasteiger partial charge >= 0.3 is 0 Å². The minimum Gasteiger partial charge on any atom is -0.388 e. The van der Waals surface area contributed by atoms with Crippen molar-refractivity contribution in [2.24, 2.45) is 5.41 Å². The fourth-order valence-electron chi connectivity index (χ4n) is 1.71. The highest BCUT2D eigenvalue weighted by Gasteiger charge is 2.23. The molecule has 0 heterocycles. The molecule has 2 nitrogen and oxygen atoms in total. The van der Waals surface area contributed by atoms with Gasteiger partial charge in [-0.05, 0) is 38.3 Å². The van der Waals surface area contributed by atoms with Crippen LogP contribution in [0.15, 0.2) is 35.5 Å². The van der Waals surface area contributed by atoms with Crippen LogP contribution < -0.4 is 0 Å². The van der Waals surface area contributed by atoms with Gasteiger partial charge in [-0.1, -0.05) is 37.6 Å². The largest absolute Gasteiger partial charge is 0.388 e. The first-order valence-corrected chi connectivity index (χ1v) is 6.08. The molecule has 1 atom stereocenters. The van der Waals surface area contributed by atoms with E-state index in [1.807, 2.05) is 39.8 Å². The summed E-state index contributed by atoms with van der Waals surface area (Å²) < 4.78 is 0. The smallest absolute Gasteiger partial charge is 0.180 e. The maximum Gasteiger partial charge on any atom is 0.180 e. The predicted octanol–water partition coefficient (Wildman–Crippen LogP) is 3.19. The topological polar surface area (TPSA) is 37.3 Å². The summed E-state index contributed by atoms with van der Waals surface area (Å²) in [4.78, 5) is 11.8. The molecule has 1 unspecified atom stereocenters.